The molecule has 166 valence electrons. The Morgan fingerprint density at radius 1 is 0.968 bits per heavy atom. The third-order valence-electron chi connectivity index (χ3n) is 5.11. The topological polar surface area (TPSA) is 77.1 Å². The summed E-state index contributed by atoms with van der Waals surface area (Å²) in [6.45, 7) is 4.42. The Balaban J connectivity index is 1.37. The zero-order valence-electron chi connectivity index (χ0n) is 17.9. The van der Waals surface area contributed by atoms with Gasteiger partial charge in [0, 0.05) is 24.8 Å². The molecule has 1 heterocycles. The predicted molar refractivity (Wildman–Crippen MR) is 118 cm³/mol. The second kappa shape index (κ2) is 11.8. The molecule has 1 N–H and O–H groups in total. The molecule has 0 saturated carbocycles. The first-order chi connectivity index (χ1) is 15.2. The molecular weight excluding hydrogens is 396 g/mol. The molecule has 31 heavy (non-hydrogen) atoms. The Morgan fingerprint density at radius 2 is 1.65 bits per heavy atom. The number of anilines is 1. The molecular formula is C24H30N2O5. The third-order valence-corrected chi connectivity index (χ3v) is 5.11. The van der Waals surface area contributed by atoms with Crippen LogP contribution in [0, 0.1) is 5.92 Å². The highest BCUT2D eigenvalue weighted by Gasteiger charge is 2.27. The van der Waals surface area contributed by atoms with E-state index in [2.05, 4.69) is 5.32 Å². The van der Waals surface area contributed by atoms with E-state index in [4.69, 9.17) is 14.2 Å². The highest BCUT2D eigenvalue weighted by atomic mass is 16.5. The van der Waals surface area contributed by atoms with Gasteiger partial charge in [-0.3, -0.25) is 9.59 Å². The molecule has 0 radical (unpaired) electrons. The van der Waals surface area contributed by atoms with Gasteiger partial charge in [0.25, 0.3) is 0 Å². The molecule has 0 bridgehead atoms. The van der Waals surface area contributed by atoms with Crippen molar-refractivity contribution in [3.05, 3.63) is 54.6 Å². The Labute approximate surface area is 183 Å². The summed E-state index contributed by atoms with van der Waals surface area (Å²) in [6, 6.07) is 17.1. The van der Waals surface area contributed by atoms with Gasteiger partial charge in [0.15, 0.2) is 0 Å². The monoisotopic (exact) mass is 426 g/mol. The van der Waals surface area contributed by atoms with E-state index in [1.54, 1.807) is 11.8 Å². The first kappa shape index (κ1) is 22.5. The van der Waals surface area contributed by atoms with Gasteiger partial charge in [-0.1, -0.05) is 24.3 Å². The Hall–Kier alpha value is -3.22. The number of carbonyl (C=O) groups is 2. The van der Waals surface area contributed by atoms with Crippen LogP contribution in [0.3, 0.4) is 0 Å². The molecule has 7 heteroatoms. The molecule has 3 rings (SSSR count). The van der Waals surface area contributed by atoms with E-state index in [0.29, 0.717) is 51.5 Å². The molecule has 0 aliphatic carbocycles. The fourth-order valence-electron chi connectivity index (χ4n) is 3.45. The maximum atomic E-state index is 12.5. The molecule has 0 unspecified atom stereocenters. The molecule has 2 aromatic carbocycles. The number of hydrogen-bond donors (Lipinski definition) is 1. The summed E-state index contributed by atoms with van der Waals surface area (Å²) < 4.78 is 16.4. The number of esters is 1. The van der Waals surface area contributed by atoms with Crippen LogP contribution in [0.2, 0.25) is 0 Å². The van der Waals surface area contributed by atoms with Crippen molar-refractivity contribution in [1.29, 1.82) is 0 Å². The predicted octanol–water partition coefficient (Wildman–Crippen LogP) is 3.36. The SMILES string of the molecule is CCOC(=O)C1CCN(C(=O)CNc2cccc(OCCOc3ccccc3)c2)CC1. The van der Waals surface area contributed by atoms with E-state index in [1.165, 1.54) is 0 Å². The molecule has 0 aromatic heterocycles. The molecule has 1 amide bonds. The highest BCUT2D eigenvalue weighted by molar-refractivity contribution is 5.81. The van der Waals surface area contributed by atoms with E-state index >= 15 is 0 Å². The van der Waals surface area contributed by atoms with Crippen LogP contribution in [0.1, 0.15) is 19.8 Å². The summed E-state index contributed by atoms with van der Waals surface area (Å²) in [5.74, 6) is 1.29. The number of benzene rings is 2. The summed E-state index contributed by atoms with van der Waals surface area (Å²) in [6.07, 6.45) is 1.30. The average Bonchev–Trinajstić information content (AvgIpc) is 2.81. The number of ether oxygens (including phenoxy) is 3. The third kappa shape index (κ3) is 7.20. The van der Waals surface area contributed by atoms with Gasteiger partial charge in [-0.2, -0.15) is 0 Å². The first-order valence-electron chi connectivity index (χ1n) is 10.7. The Morgan fingerprint density at radius 3 is 2.35 bits per heavy atom. The second-order valence-electron chi connectivity index (χ2n) is 7.30. The maximum absolute atomic E-state index is 12.5. The van der Waals surface area contributed by atoms with Crippen LogP contribution in [0.25, 0.3) is 0 Å². The molecule has 1 fully saturated rings. The highest BCUT2D eigenvalue weighted by Crippen LogP contribution is 2.20. The van der Waals surface area contributed by atoms with E-state index in [0.717, 1.165) is 11.4 Å². The molecule has 7 nitrogen and oxygen atoms in total. The summed E-state index contributed by atoms with van der Waals surface area (Å²) >= 11 is 0. The maximum Gasteiger partial charge on any atom is 0.309 e. The van der Waals surface area contributed by atoms with Crippen molar-refractivity contribution in [2.45, 2.75) is 19.8 Å². The van der Waals surface area contributed by atoms with E-state index < -0.39 is 0 Å². The number of nitrogens with zero attached hydrogens (tertiary/aromatic N) is 1. The van der Waals surface area contributed by atoms with Crippen molar-refractivity contribution in [3.8, 4) is 11.5 Å². The van der Waals surface area contributed by atoms with Gasteiger partial charge in [-0.25, -0.2) is 0 Å². The summed E-state index contributed by atoms with van der Waals surface area (Å²) in [5.41, 5.74) is 0.816. The summed E-state index contributed by atoms with van der Waals surface area (Å²) in [5, 5.41) is 3.16. The molecule has 0 atom stereocenters. The quantitative estimate of drug-likeness (QED) is 0.464. The second-order valence-corrected chi connectivity index (χ2v) is 7.30. The number of amides is 1. The van der Waals surface area contributed by atoms with Crippen molar-refractivity contribution in [1.82, 2.24) is 4.90 Å². The van der Waals surface area contributed by atoms with E-state index in [1.807, 2.05) is 54.6 Å². The van der Waals surface area contributed by atoms with Crippen LogP contribution in [0.5, 0.6) is 11.5 Å². The molecule has 0 spiro atoms. The number of para-hydroxylation sites is 1. The van der Waals surface area contributed by atoms with Gasteiger partial charge in [-0.15, -0.1) is 0 Å². The zero-order chi connectivity index (χ0) is 21.9. The van der Waals surface area contributed by atoms with Crippen LogP contribution < -0.4 is 14.8 Å². The number of piperidine rings is 1. The smallest absolute Gasteiger partial charge is 0.309 e. The molecule has 2 aromatic rings. The van der Waals surface area contributed by atoms with Gasteiger partial charge < -0.3 is 24.4 Å². The Kier molecular flexibility index (Phi) is 8.58. The fourth-order valence-corrected chi connectivity index (χ4v) is 3.45. The van der Waals surface area contributed by atoms with E-state index in [9.17, 15) is 9.59 Å². The minimum absolute atomic E-state index is 0.0184. The standard InChI is InChI=1S/C24H30N2O5/c1-2-29-24(28)19-11-13-26(14-12-19)23(27)18-25-20-7-6-10-22(17-20)31-16-15-30-21-8-4-3-5-9-21/h3-10,17,19,25H,2,11-16,18H2,1H3. The van der Waals surface area contributed by atoms with Gasteiger partial charge in [0.05, 0.1) is 19.1 Å². The lowest BCUT2D eigenvalue weighted by Crippen LogP contribution is -2.43. The molecule has 1 saturated heterocycles. The molecule has 1 aliphatic rings. The van der Waals surface area contributed by atoms with Gasteiger partial charge in [0.2, 0.25) is 5.91 Å². The largest absolute Gasteiger partial charge is 0.490 e. The van der Waals surface area contributed by atoms with Crippen molar-refractivity contribution in [3.63, 3.8) is 0 Å². The van der Waals surface area contributed by atoms with Crippen molar-refractivity contribution >= 4 is 17.6 Å². The number of rotatable bonds is 10. The summed E-state index contributed by atoms with van der Waals surface area (Å²) in [4.78, 5) is 26.1. The minimum atomic E-state index is -0.154. The van der Waals surface area contributed by atoms with Gasteiger partial charge >= 0.3 is 5.97 Å². The van der Waals surface area contributed by atoms with Crippen LogP contribution >= 0.6 is 0 Å². The van der Waals surface area contributed by atoms with Crippen LogP contribution in [-0.2, 0) is 14.3 Å². The zero-order valence-corrected chi connectivity index (χ0v) is 17.9. The number of carbonyl (C=O) groups excluding carboxylic acids is 2. The lowest BCUT2D eigenvalue weighted by atomic mass is 9.97. The average molecular weight is 427 g/mol. The Bertz CT molecular complexity index is 835. The van der Waals surface area contributed by atoms with Crippen molar-refractivity contribution in [2.24, 2.45) is 5.92 Å². The number of hydrogen-bond acceptors (Lipinski definition) is 6. The lowest BCUT2D eigenvalue weighted by Gasteiger charge is -2.31. The fraction of sp³-hybridized carbons (Fsp3) is 0.417. The number of likely N-dealkylation sites (tertiary alicyclic amines) is 1. The van der Waals surface area contributed by atoms with Crippen LogP contribution in [-0.4, -0.2) is 56.2 Å². The normalized spacial score (nSPS) is 14.0. The van der Waals surface area contributed by atoms with Crippen LogP contribution in [0.15, 0.2) is 54.6 Å². The lowest BCUT2D eigenvalue weighted by molar-refractivity contribution is -0.151. The number of nitrogens with one attached hydrogen (secondary N) is 1. The van der Waals surface area contributed by atoms with Crippen LogP contribution in [0.4, 0.5) is 5.69 Å². The van der Waals surface area contributed by atoms with Crippen molar-refractivity contribution in [2.75, 3.05) is 44.8 Å². The van der Waals surface area contributed by atoms with E-state index in [-0.39, 0.29) is 24.3 Å². The van der Waals surface area contributed by atoms with Gasteiger partial charge in [0.1, 0.15) is 24.7 Å². The van der Waals surface area contributed by atoms with Gasteiger partial charge in [-0.05, 0) is 44.0 Å². The molecule has 1 aliphatic heterocycles. The van der Waals surface area contributed by atoms with Crippen molar-refractivity contribution < 1.29 is 23.8 Å². The minimum Gasteiger partial charge on any atom is -0.490 e. The summed E-state index contributed by atoms with van der Waals surface area (Å²) in [7, 11) is 0. The first-order valence-corrected chi connectivity index (χ1v) is 10.7.